The molecule has 2 atom stereocenters. The number of quaternary nitrogens is 1. The summed E-state index contributed by atoms with van der Waals surface area (Å²) < 4.78 is 34.4. The number of nitrogens with zero attached hydrogens (tertiary/aromatic N) is 1. The summed E-state index contributed by atoms with van der Waals surface area (Å²) in [5.41, 5.74) is 0. The van der Waals surface area contributed by atoms with Gasteiger partial charge in [-0.25, -0.2) is 4.57 Å². The van der Waals surface area contributed by atoms with Gasteiger partial charge < -0.3 is 18.9 Å². The monoisotopic (exact) mass is 735 g/mol. The molecule has 0 aliphatic carbocycles. The van der Waals surface area contributed by atoms with Crippen molar-refractivity contribution in [2.75, 3.05) is 47.5 Å². The van der Waals surface area contributed by atoms with Gasteiger partial charge in [-0.2, -0.15) is 0 Å². The number of ether oxygens (including phenoxy) is 2. The van der Waals surface area contributed by atoms with Crippen molar-refractivity contribution in [1.29, 1.82) is 0 Å². The smallest absolute Gasteiger partial charge is 0.463 e. The molecule has 0 rings (SSSR count). The Hall–Kier alpha value is -0.990. The summed E-state index contributed by atoms with van der Waals surface area (Å²) in [7, 11) is 1.39. The molecule has 298 valence electrons. The van der Waals surface area contributed by atoms with Crippen LogP contribution in [0.3, 0.4) is 0 Å². The lowest BCUT2D eigenvalue weighted by molar-refractivity contribution is -0.870. The normalized spacial score (nSPS) is 13.6. The summed E-state index contributed by atoms with van der Waals surface area (Å²) in [4.78, 5) is 35.2. The molecule has 0 bridgehead atoms. The van der Waals surface area contributed by atoms with Crippen LogP contribution in [-0.4, -0.2) is 74.9 Å². The molecule has 0 aromatic heterocycles. The van der Waals surface area contributed by atoms with Crippen LogP contribution >= 0.6 is 7.82 Å². The number of esters is 2. The van der Waals surface area contributed by atoms with Crippen molar-refractivity contribution in [3.8, 4) is 0 Å². The van der Waals surface area contributed by atoms with Crippen LogP contribution < -0.4 is 0 Å². The second kappa shape index (κ2) is 33.8. The number of unbranched alkanes of at least 4 members (excludes halogenated alkanes) is 24. The lowest BCUT2D eigenvalue weighted by Gasteiger charge is -2.25. The third-order valence-electron chi connectivity index (χ3n) is 9.13. The molecule has 0 aromatic rings. The minimum atomic E-state index is -4.45. The minimum absolute atomic E-state index is 0.0155. The molecule has 0 aliphatic heterocycles. The molecule has 0 saturated heterocycles. The van der Waals surface area contributed by atoms with E-state index in [-0.39, 0.29) is 38.6 Å². The number of hydrogen-bond acceptors (Lipinski definition) is 7. The molecule has 0 spiro atoms. The van der Waals surface area contributed by atoms with E-state index in [2.05, 4.69) is 13.8 Å². The van der Waals surface area contributed by atoms with Gasteiger partial charge in [0.05, 0.1) is 21.1 Å². The highest BCUT2D eigenvalue weighted by molar-refractivity contribution is 7.47. The van der Waals surface area contributed by atoms with Gasteiger partial charge in [-0.05, 0) is 12.8 Å². The van der Waals surface area contributed by atoms with E-state index >= 15 is 0 Å². The second-order valence-corrected chi connectivity index (χ2v) is 16.8. The molecule has 0 amide bonds. The largest absolute Gasteiger partial charge is 0.472 e. The first kappa shape index (κ1) is 49.0. The first-order valence-electron chi connectivity index (χ1n) is 20.8. The van der Waals surface area contributed by atoms with Crippen molar-refractivity contribution in [1.82, 2.24) is 0 Å². The van der Waals surface area contributed by atoms with Crippen LogP contribution in [0.5, 0.6) is 0 Å². The number of likely N-dealkylation sites (N-methyl/N-ethyl adjacent to an activating group) is 1. The number of carbonyl (C=O) groups is 2. The van der Waals surface area contributed by atoms with E-state index in [1.807, 2.05) is 21.1 Å². The van der Waals surface area contributed by atoms with Crippen LogP contribution in [-0.2, 0) is 32.7 Å². The molecular weight excluding hydrogens is 653 g/mol. The molecule has 0 radical (unpaired) electrons. The van der Waals surface area contributed by atoms with Crippen molar-refractivity contribution in [2.24, 2.45) is 0 Å². The lowest BCUT2D eigenvalue weighted by atomic mass is 10.0. The van der Waals surface area contributed by atoms with Crippen LogP contribution in [0.15, 0.2) is 0 Å². The Morgan fingerprint density at radius 2 is 0.840 bits per heavy atom. The maximum atomic E-state index is 12.6. The van der Waals surface area contributed by atoms with Gasteiger partial charge in [-0.15, -0.1) is 0 Å². The fourth-order valence-corrected chi connectivity index (χ4v) is 6.72. The van der Waals surface area contributed by atoms with Crippen molar-refractivity contribution >= 4 is 19.8 Å². The number of carbonyl (C=O) groups excluding carboxylic acids is 2. The SMILES string of the molecule is CCCCCCCCCCCCCCCCCC(=O)OC[C@H](COC(=O)CCCCCCCCCCCCC)OP(=O)(O)OCC[N+](C)(C)C. The quantitative estimate of drug-likeness (QED) is 0.0289. The molecule has 0 aromatic carbocycles. The highest BCUT2D eigenvalue weighted by Gasteiger charge is 2.29. The summed E-state index contributed by atoms with van der Waals surface area (Å²) in [6, 6.07) is 0. The van der Waals surface area contributed by atoms with E-state index in [0.717, 1.165) is 38.5 Å². The summed E-state index contributed by atoms with van der Waals surface area (Å²) in [6.07, 6.45) is 31.3. The van der Waals surface area contributed by atoms with Gasteiger partial charge in [0.25, 0.3) is 0 Å². The van der Waals surface area contributed by atoms with E-state index < -0.39 is 19.9 Å². The average molecular weight is 735 g/mol. The maximum absolute atomic E-state index is 12.6. The fraction of sp³-hybridized carbons (Fsp3) is 0.950. The molecule has 1 N–H and O–H groups in total. The zero-order valence-corrected chi connectivity index (χ0v) is 34.3. The summed E-state index contributed by atoms with van der Waals surface area (Å²) in [5, 5.41) is 0. The van der Waals surface area contributed by atoms with Gasteiger partial charge in [-0.1, -0.05) is 168 Å². The van der Waals surface area contributed by atoms with Crippen molar-refractivity contribution < 1.29 is 42.1 Å². The predicted molar refractivity (Wildman–Crippen MR) is 206 cm³/mol. The third-order valence-corrected chi connectivity index (χ3v) is 10.2. The second-order valence-electron chi connectivity index (χ2n) is 15.4. The van der Waals surface area contributed by atoms with Gasteiger partial charge in [0.1, 0.15) is 32.5 Å². The Bertz CT molecular complexity index is 835. The highest BCUT2D eigenvalue weighted by Crippen LogP contribution is 2.44. The Labute approximate surface area is 308 Å². The molecule has 9 nitrogen and oxygen atoms in total. The molecule has 0 aliphatic rings. The lowest BCUT2D eigenvalue weighted by Crippen LogP contribution is -2.37. The average Bonchev–Trinajstić information content (AvgIpc) is 3.05. The Balaban J connectivity index is 4.31. The van der Waals surface area contributed by atoms with Crippen LogP contribution in [0.2, 0.25) is 0 Å². The van der Waals surface area contributed by atoms with E-state index in [9.17, 15) is 19.0 Å². The standard InChI is InChI=1S/C40H80NO8P/c1-6-8-10-12-14-16-18-19-20-21-23-25-27-29-31-33-40(43)47-37-38(49-50(44,45)48-35-34-41(3,4)5)36-46-39(42)32-30-28-26-24-22-17-15-13-11-9-7-2/h38H,6-37H2,1-5H3/p+1/t38-/m0/s1. The fourth-order valence-electron chi connectivity index (χ4n) is 5.85. The van der Waals surface area contributed by atoms with E-state index in [4.69, 9.17) is 18.5 Å². The molecular formula is C40H81NO8P+. The van der Waals surface area contributed by atoms with Crippen molar-refractivity contribution in [2.45, 2.75) is 200 Å². The Morgan fingerprint density at radius 3 is 1.14 bits per heavy atom. The number of phosphoric acid groups is 1. The van der Waals surface area contributed by atoms with Gasteiger partial charge >= 0.3 is 19.8 Å². The van der Waals surface area contributed by atoms with Crippen LogP contribution in [0.1, 0.15) is 194 Å². The summed E-state index contributed by atoms with van der Waals surface area (Å²) in [6.45, 7) is 4.44. The summed E-state index contributed by atoms with van der Waals surface area (Å²) in [5.74, 6) is -0.781. The van der Waals surface area contributed by atoms with E-state index in [1.165, 1.54) is 128 Å². The first-order valence-corrected chi connectivity index (χ1v) is 22.3. The minimum Gasteiger partial charge on any atom is -0.463 e. The molecule has 0 saturated carbocycles. The number of phosphoric ester groups is 1. The number of rotatable bonds is 38. The van der Waals surface area contributed by atoms with E-state index in [1.54, 1.807) is 0 Å². The maximum Gasteiger partial charge on any atom is 0.472 e. The number of hydrogen-bond donors (Lipinski definition) is 1. The molecule has 50 heavy (non-hydrogen) atoms. The molecule has 0 heterocycles. The van der Waals surface area contributed by atoms with Gasteiger partial charge in [0.15, 0.2) is 0 Å². The van der Waals surface area contributed by atoms with Gasteiger partial charge in [0.2, 0.25) is 0 Å². The topological polar surface area (TPSA) is 108 Å². The zero-order chi connectivity index (χ0) is 37.2. The van der Waals surface area contributed by atoms with Gasteiger partial charge in [-0.3, -0.25) is 18.6 Å². The summed E-state index contributed by atoms with van der Waals surface area (Å²) >= 11 is 0. The Kier molecular flexibility index (Phi) is 33.2. The van der Waals surface area contributed by atoms with Crippen LogP contribution in [0, 0.1) is 0 Å². The van der Waals surface area contributed by atoms with Crippen LogP contribution in [0.25, 0.3) is 0 Å². The third kappa shape index (κ3) is 36.8. The van der Waals surface area contributed by atoms with Crippen molar-refractivity contribution in [3.63, 3.8) is 0 Å². The molecule has 10 heteroatoms. The van der Waals surface area contributed by atoms with E-state index in [0.29, 0.717) is 11.0 Å². The Morgan fingerprint density at radius 1 is 0.540 bits per heavy atom. The first-order chi connectivity index (χ1) is 24.0. The van der Waals surface area contributed by atoms with Crippen LogP contribution in [0.4, 0.5) is 0 Å². The zero-order valence-electron chi connectivity index (χ0n) is 33.4. The predicted octanol–water partition coefficient (Wildman–Crippen LogP) is 11.2. The highest BCUT2D eigenvalue weighted by atomic mass is 31.2. The molecule has 1 unspecified atom stereocenters. The molecule has 0 fully saturated rings. The van der Waals surface area contributed by atoms with Crippen molar-refractivity contribution in [3.05, 3.63) is 0 Å². The van der Waals surface area contributed by atoms with Gasteiger partial charge in [0, 0.05) is 12.8 Å².